The maximum absolute atomic E-state index is 10.6. The van der Waals surface area contributed by atoms with E-state index < -0.39 is 12.3 Å². The molecule has 6 heteroatoms. The van der Waals surface area contributed by atoms with Gasteiger partial charge in [0.2, 0.25) is 0 Å². The maximum Gasteiger partial charge on any atom is 0.161 e. The summed E-state index contributed by atoms with van der Waals surface area (Å²) >= 11 is 6.13. The standard InChI is InChI=1S/C15H25ClN2O2.ClH/c1-15(2,3)13(19)14(18-9-8-17-10-18)20-12-6-4-11(16)5-7-12;/h8-14,19H,4-7H2,1-3H3;1H. The van der Waals surface area contributed by atoms with Crippen LogP contribution in [0.4, 0.5) is 0 Å². The third-order valence-corrected chi connectivity index (χ3v) is 4.35. The summed E-state index contributed by atoms with van der Waals surface area (Å²) in [5.41, 5.74) is -0.251. The molecule has 1 heterocycles. The number of hydrogen-bond donors (Lipinski definition) is 1. The van der Waals surface area contributed by atoms with Crippen molar-refractivity contribution in [2.75, 3.05) is 0 Å². The van der Waals surface area contributed by atoms with E-state index in [1.807, 2.05) is 31.5 Å². The minimum Gasteiger partial charge on any atom is -0.388 e. The SMILES string of the molecule is CC(C)(C)C(O)C(OC1CCC(Cl)CC1)n1ccnc1.Cl. The Kier molecular flexibility index (Phi) is 6.98. The monoisotopic (exact) mass is 336 g/mol. The lowest BCUT2D eigenvalue weighted by Gasteiger charge is -2.37. The molecule has 1 aliphatic carbocycles. The Bertz CT molecular complexity index is 398. The van der Waals surface area contributed by atoms with Crippen molar-refractivity contribution in [1.29, 1.82) is 0 Å². The predicted molar refractivity (Wildman–Crippen MR) is 87.0 cm³/mol. The zero-order valence-corrected chi connectivity index (χ0v) is 14.5. The van der Waals surface area contributed by atoms with Gasteiger partial charge in [0.05, 0.1) is 12.4 Å². The summed E-state index contributed by atoms with van der Waals surface area (Å²) in [4.78, 5) is 4.06. The van der Waals surface area contributed by atoms with Gasteiger partial charge < -0.3 is 14.4 Å². The quantitative estimate of drug-likeness (QED) is 0.851. The van der Waals surface area contributed by atoms with Crippen molar-refractivity contribution in [3.05, 3.63) is 18.7 Å². The zero-order chi connectivity index (χ0) is 14.8. The molecule has 21 heavy (non-hydrogen) atoms. The number of rotatable bonds is 4. The summed E-state index contributed by atoms with van der Waals surface area (Å²) in [7, 11) is 0. The molecular weight excluding hydrogens is 311 g/mol. The van der Waals surface area contributed by atoms with E-state index in [1.54, 1.807) is 12.5 Å². The van der Waals surface area contributed by atoms with Gasteiger partial charge in [-0.3, -0.25) is 0 Å². The topological polar surface area (TPSA) is 47.3 Å². The number of hydrogen-bond acceptors (Lipinski definition) is 3. The van der Waals surface area contributed by atoms with Crippen molar-refractivity contribution >= 4 is 24.0 Å². The van der Waals surface area contributed by atoms with Crippen LogP contribution < -0.4 is 0 Å². The molecule has 1 N–H and O–H groups in total. The summed E-state index contributed by atoms with van der Waals surface area (Å²) in [6.07, 6.45) is 8.30. The van der Waals surface area contributed by atoms with Crippen molar-refractivity contribution < 1.29 is 9.84 Å². The molecular formula is C15H26Cl2N2O2. The largest absolute Gasteiger partial charge is 0.388 e. The number of nitrogens with zero attached hydrogens (tertiary/aromatic N) is 2. The molecule has 0 radical (unpaired) electrons. The summed E-state index contributed by atoms with van der Waals surface area (Å²) in [5.74, 6) is 0. The number of alkyl halides is 1. The molecule has 2 atom stereocenters. The molecule has 1 aromatic rings. The van der Waals surface area contributed by atoms with Gasteiger partial charge in [-0.1, -0.05) is 20.8 Å². The van der Waals surface area contributed by atoms with Crippen LogP contribution in [-0.2, 0) is 4.74 Å². The number of imidazole rings is 1. The van der Waals surface area contributed by atoms with Gasteiger partial charge in [0.25, 0.3) is 0 Å². The van der Waals surface area contributed by atoms with E-state index in [2.05, 4.69) is 4.98 Å². The Labute approximate surface area is 138 Å². The van der Waals surface area contributed by atoms with E-state index in [0.29, 0.717) is 0 Å². The molecule has 0 spiro atoms. The van der Waals surface area contributed by atoms with Gasteiger partial charge in [-0.05, 0) is 31.1 Å². The van der Waals surface area contributed by atoms with Crippen molar-refractivity contribution in [2.24, 2.45) is 5.41 Å². The average Bonchev–Trinajstić information content (AvgIpc) is 2.90. The lowest BCUT2D eigenvalue weighted by atomic mass is 9.87. The Morgan fingerprint density at radius 2 is 1.90 bits per heavy atom. The van der Waals surface area contributed by atoms with Crippen LogP contribution in [0.2, 0.25) is 0 Å². The first kappa shape index (κ1) is 18.8. The van der Waals surface area contributed by atoms with E-state index >= 15 is 0 Å². The lowest BCUT2D eigenvalue weighted by Crippen LogP contribution is -2.39. The molecule has 0 bridgehead atoms. The Balaban J connectivity index is 0.00000220. The summed E-state index contributed by atoms with van der Waals surface area (Å²) < 4.78 is 8.04. The molecule has 1 aliphatic rings. The summed E-state index contributed by atoms with van der Waals surface area (Å²) in [6, 6.07) is 0. The van der Waals surface area contributed by atoms with Crippen LogP contribution in [-0.4, -0.2) is 32.2 Å². The van der Waals surface area contributed by atoms with Gasteiger partial charge in [-0.15, -0.1) is 24.0 Å². The molecule has 0 aliphatic heterocycles. The van der Waals surface area contributed by atoms with Crippen molar-refractivity contribution in [3.8, 4) is 0 Å². The highest BCUT2D eigenvalue weighted by Gasteiger charge is 2.34. The van der Waals surface area contributed by atoms with Gasteiger partial charge in [0.15, 0.2) is 6.23 Å². The number of ether oxygens (including phenoxy) is 1. The predicted octanol–water partition coefficient (Wildman–Crippen LogP) is 3.78. The molecule has 0 amide bonds. The first-order chi connectivity index (χ1) is 9.38. The van der Waals surface area contributed by atoms with Crippen LogP contribution in [0.5, 0.6) is 0 Å². The lowest BCUT2D eigenvalue weighted by molar-refractivity contribution is -0.153. The van der Waals surface area contributed by atoms with Crippen LogP contribution >= 0.6 is 24.0 Å². The average molecular weight is 337 g/mol. The normalized spacial score (nSPS) is 26.0. The highest BCUT2D eigenvalue weighted by Crippen LogP contribution is 2.33. The van der Waals surface area contributed by atoms with E-state index in [-0.39, 0.29) is 29.3 Å². The Morgan fingerprint density at radius 3 is 2.38 bits per heavy atom. The number of aromatic nitrogens is 2. The summed E-state index contributed by atoms with van der Waals surface area (Å²) in [6.45, 7) is 6.04. The van der Waals surface area contributed by atoms with Gasteiger partial charge in [0, 0.05) is 17.8 Å². The third kappa shape index (κ3) is 5.13. The highest BCUT2D eigenvalue weighted by molar-refractivity contribution is 6.20. The van der Waals surface area contributed by atoms with Crippen LogP contribution in [0.25, 0.3) is 0 Å². The fraction of sp³-hybridized carbons (Fsp3) is 0.800. The van der Waals surface area contributed by atoms with Crippen LogP contribution in [0.15, 0.2) is 18.7 Å². The minimum atomic E-state index is -0.592. The smallest absolute Gasteiger partial charge is 0.161 e. The maximum atomic E-state index is 10.6. The van der Waals surface area contributed by atoms with Gasteiger partial charge >= 0.3 is 0 Å². The fourth-order valence-corrected chi connectivity index (χ4v) is 2.76. The van der Waals surface area contributed by atoms with E-state index in [0.717, 1.165) is 25.7 Å². The Hall–Kier alpha value is -0.290. The Morgan fingerprint density at radius 1 is 1.29 bits per heavy atom. The van der Waals surface area contributed by atoms with Crippen molar-refractivity contribution in [3.63, 3.8) is 0 Å². The molecule has 1 aromatic heterocycles. The van der Waals surface area contributed by atoms with E-state index in [1.165, 1.54) is 0 Å². The molecule has 0 saturated heterocycles. The van der Waals surface area contributed by atoms with Gasteiger partial charge in [-0.25, -0.2) is 4.98 Å². The second kappa shape index (κ2) is 7.82. The third-order valence-electron chi connectivity index (χ3n) is 3.91. The molecule has 122 valence electrons. The van der Waals surface area contributed by atoms with Gasteiger partial charge in [-0.2, -0.15) is 0 Å². The fourth-order valence-electron chi connectivity index (χ4n) is 2.51. The van der Waals surface area contributed by atoms with Crippen molar-refractivity contribution in [1.82, 2.24) is 9.55 Å². The zero-order valence-electron chi connectivity index (χ0n) is 12.9. The number of aliphatic hydroxyl groups excluding tert-OH is 1. The number of halogens is 2. The molecule has 2 unspecified atom stereocenters. The number of aliphatic hydroxyl groups is 1. The molecule has 2 rings (SSSR count). The second-order valence-corrected chi connectivity index (χ2v) is 7.34. The second-order valence-electron chi connectivity index (χ2n) is 6.72. The van der Waals surface area contributed by atoms with Crippen LogP contribution in [0.3, 0.4) is 0 Å². The highest BCUT2D eigenvalue weighted by atomic mass is 35.5. The first-order valence-corrected chi connectivity index (χ1v) is 7.76. The van der Waals surface area contributed by atoms with Crippen molar-refractivity contribution in [2.45, 2.75) is 70.3 Å². The molecule has 4 nitrogen and oxygen atoms in total. The van der Waals surface area contributed by atoms with Crippen LogP contribution in [0.1, 0.15) is 52.7 Å². The first-order valence-electron chi connectivity index (χ1n) is 7.33. The molecule has 1 fully saturated rings. The molecule has 1 saturated carbocycles. The summed E-state index contributed by atoms with van der Waals surface area (Å²) in [5, 5.41) is 10.9. The van der Waals surface area contributed by atoms with E-state index in [9.17, 15) is 5.11 Å². The van der Waals surface area contributed by atoms with E-state index in [4.69, 9.17) is 16.3 Å². The molecule has 0 aromatic carbocycles. The van der Waals surface area contributed by atoms with Gasteiger partial charge in [0.1, 0.15) is 6.10 Å². The minimum absolute atomic E-state index is 0. The van der Waals surface area contributed by atoms with Crippen LogP contribution in [0, 0.1) is 5.41 Å².